The van der Waals surface area contributed by atoms with E-state index in [2.05, 4.69) is 50.4 Å². The minimum atomic E-state index is 0.231. The maximum atomic E-state index is 3.58. The Balaban J connectivity index is 1.91. The molecule has 1 unspecified atom stereocenters. The Kier molecular flexibility index (Phi) is 3.08. The molecule has 2 rings (SSSR count). The lowest BCUT2D eigenvalue weighted by Crippen LogP contribution is -2.39. The molecule has 1 aromatic carbocycles. The van der Waals surface area contributed by atoms with Crippen molar-refractivity contribution in [1.82, 2.24) is 5.32 Å². The molecule has 82 valence electrons. The predicted molar refractivity (Wildman–Crippen MR) is 67.5 cm³/mol. The molecule has 1 nitrogen and oxygen atoms in total. The molecule has 1 N–H and O–H groups in total. The summed E-state index contributed by atoms with van der Waals surface area (Å²) in [5.74, 6) is 0. The summed E-state index contributed by atoms with van der Waals surface area (Å²) >= 11 is 2.01. The summed E-state index contributed by atoms with van der Waals surface area (Å²) < 4.78 is 0. The molecule has 1 atom stereocenters. The van der Waals surface area contributed by atoms with E-state index in [0.717, 1.165) is 6.54 Å². The Bertz CT molecular complexity index is 316. The third kappa shape index (κ3) is 2.99. The second-order valence-electron chi connectivity index (χ2n) is 5.18. The average Bonchev–Trinajstić information content (AvgIpc) is 2.56. The summed E-state index contributed by atoms with van der Waals surface area (Å²) in [4.78, 5) is 1.47. The number of benzene rings is 1. The van der Waals surface area contributed by atoms with Crippen molar-refractivity contribution in [2.45, 2.75) is 42.9 Å². The van der Waals surface area contributed by atoms with Crippen LogP contribution in [0, 0.1) is 0 Å². The first-order valence-electron chi connectivity index (χ1n) is 5.54. The smallest absolute Gasteiger partial charge is 0.0260 e. The van der Waals surface area contributed by atoms with Gasteiger partial charge in [0, 0.05) is 22.2 Å². The zero-order valence-electron chi connectivity index (χ0n) is 9.71. The fourth-order valence-corrected chi connectivity index (χ4v) is 3.04. The molecule has 2 heteroatoms. The summed E-state index contributed by atoms with van der Waals surface area (Å²) in [6.45, 7) is 7.77. The van der Waals surface area contributed by atoms with E-state index in [0.29, 0.717) is 5.25 Å². The molecule has 1 aliphatic heterocycles. The lowest BCUT2D eigenvalue weighted by molar-refractivity contribution is 0.426. The van der Waals surface area contributed by atoms with E-state index in [9.17, 15) is 0 Å². The third-order valence-electron chi connectivity index (χ3n) is 2.57. The number of thioether (sulfide) groups is 1. The van der Waals surface area contributed by atoms with Crippen molar-refractivity contribution in [3.05, 3.63) is 29.8 Å². The Morgan fingerprint density at radius 1 is 1.33 bits per heavy atom. The molecule has 0 amide bonds. The molecule has 0 saturated heterocycles. The van der Waals surface area contributed by atoms with Gasteiger partial charge in [-0.05, 0) is 38.8 Å². The lowest BCUT2D eigenvalue weighted by atomic mass is 10.1. The van der Waals surface area contributed by atoms with E-state index >= 15 is 0 Å². The van der Waals surface area contributed by atoms with Crippen molar-refractivity contribution in [1.29, 1.82) is 0 Å². The maximum absolute atomic E-state index is 3.58. The number of hydrogen-bond acceptors (Lipinski definition) is 2. The van der Waals surface area contributed by atoms with Gasteiger partial charge in [0.2, 0.25) is 0 Å². The van der Waals surface area contributed by atoms with Crippen LogP contribution in [0.4, 0.5) is 0 Å². The molecule has 0 aromatic heterocycles. The van der Waals surface area contributed by atoms with Gasteiger partial charge in [0.05, 0.1) is 0 Å². The van der Waals surface area contributed by atoms with Crippen molar-refractivity contribution >= 4 is 11.8 Å². The fraction of sp³-hybridized carbons (Fsp3) is 0.538. The van der Waals surface area contributed by atoms with Gasteiger partial charge in [-0.15, -0.1) is 11.8 Å². The first kappa shape index (κ1) is 11.0. The number of nitrogens with one attached hydrogen (secondary N) is 1. The Hall–Kier alpha value is -0.470. The third-order valence-corrected chi connectivity index (χ3v) is 3.89. The SMILES string of the molecule is CC(C)(C)NCC1Cc2ccccc2S1. The highest BCUT2D eigenvalue weighted by Gasteiger charge is 2.22. The zero-order chi connectivity index (χ0) is 10.9. The molecule has 0 saturated carbocycles. The molecule has 0 spiro atoms. The van der Waals surface area contributed by atoms with Gasteiger partial charge in [0.15, 0.2) is 0 Å². The molecular formula is C13H19NS. The number of hydrogen-bond donors (Lipinski definition) is 1. The van der Waals surface area contributed by atoms with Gasteiger partial charge >= 0.3 is 0 Å². The largest absolute Gasteiger partial charge is 0.311 e. The second-order valence-corrected chi connectivity index (χ2v) is 6.52. The molecule has 1 heterocycles. The van der Waals surface area contributed by atoms with Crippen LogP contribution in [-0.4, -0.2) is 17.3 Å². The van der Waals surface area contributed by atoms with E-state index in [1.165, 1.54) is 16.9 Å². The predicted octanol–water partition coefficient (Wildman–Crippen LogP) is 3.09. The van der Waals surface area contributed by atoms with Crippen LogP contribution < -0.4 is 5.32 Å². The molecule has 0 radical (unpaired) electrons. The average molecular weight is 221 g/mol. The van der Waals surface area contributed by atoms with Gasteiger partial charge in [0.25, 0.3) is 0 Å². The lowest BCUT2D eigenvalue weighted by Gasteiger charge is -2.22. The Labute approximate surface area is 96.7 Å². The first-order valence-corrected chi connectivity index (χ1v) is 6.42. The van der Waals surface area contributed by atoms with Gasteiger partial charge in [0.1, 0.15) is 0 Å². The van der Waals surface area contributed by atoms with Crippen molar-refractivity contribution in [3.63, 3.8) is 0 Å². The summed E-state index contributed by atoms with van der Waals surface area (Å²) in [6, 6.07) is 8.75. The van der Waals surface area contributed by atoms with Crippen molar-refractivity contribution in [2.24, 2.45) is 0 Å². The highest BCUT2D eigenvalue weighted by atomic mass is 32.2. The van der Waals surface area contributed by atoms with Gasteiger partial charge in [-0.1, -0.05) is 18.2 Å². The van der Waals surface area contributed by atoms with E-state index in [1.54, 1.807) is 0 Å². The fourth-order valence-electron chi connectivity index (χ4n) is 1.79. The van der Waals surface area contributed by atoms with Gasteiger partial charge < -0.3 is 5.32 Å². The molecular weight excluding hydrogens is 202 g/mol. The van der Waals surface area contributed by atoms with Gasteiger partial charge in [-0.25, -0.2) is 0 Å². The second kappa shape index (κ2) is 4.18. The van der Waals surface area contributed by atoms with Crippen LogP contribution in [0.25, 0.3) is 0 Å². The van der Waals surface area contributed by atoms with Crippen LogP contribution in [0.1, 0.15) is 26.3 Å². The van der Waals surface area contributed by atoms with E-state index in [-0.39, 0.29) is 5.54 Å². The normalized spacial score (nSPS) is 20.3. The first-order chi connectivity index (χ1) is 7.04. The van der Waals surface area contributed by atoms with Crippen LogP contribution in [-0.2, 0) is 6.42 Å². The molecule has 0 fully saturated rings. The molecule has 0 aliphatic carbocycles. The topological polar surface area (TPSA) is 12.0 Å². The van der Waals surface area contributed by atoms with Crippen LogP contribution in [0.15, 0.2) is 29.2 Å². The van der Waals surface area contributed by atoms with Crippen LogP contribution in [0.5, 0.6) is 0 Å². The minimum absolute atomic E-state index is 0.231. The molecule has 15 heavy (non-hydrogen) atoms. The van der Waals surface area contributed by atoms with Crippen LogP contribution >= 0.6 is 11.8 Å². The number of rotatable bonds is 2. The Morgan fingerprint density at radius 2 is 2.07 bits per heavy atom. The maximum Gasteiger partial charge on any atom is 0.0260 e. The van der Waals surface area contributed by atoms with Crippen LogP contribution in [0.3, 0.4) is 0 Å². The molecule has 1 aliphatic rings. The molecule has 1 aromatic rings. The Morgan fingerprint density at radius 3 is 2.73 bits per heavy atom. The highest BCUT2D eigenvalue weighted by Crippen LogP contribution is 2.36. The van der Waals surface area contributed by atoms with E-state index in [4.69, 9.17) is 0 Å². The minimum Gasteiger partial charge on any atom is -0.311 e. The van der Waals surface area contributed by atoms with Crippen LogP contribution in [0.2, 0.25) is 0 Å². The van der Waals surface area contributed by atoms with Gasteiger partial charge in [-0.3, -0.25) is 0 Å². The van der Waals surface area contributed by atoms with E-state index < -0.39 is 0 Å². The van der Waals surface area contributed by atoms with Crippen molar-refractivity contribution in [2.75, 3.05) is 6.54 Å². The summed E-state index contributed by atoms with van der Waals surface area (Å²) in [6.07, 6.45) is 1.21. The number of fused-ring (bicyclic) bond motifs is 1. The monoisotopic (exact) mass is 221 g/mol. The summed E-state index contributed by atoms with van der Waals surface area (Å²) in [5, 5.41) is 4.29. The summed E-state index contributed by atoms with van der Waals surface area (Å²) in [5.41, 5.74) is 1.75. The van der Waals surface area contributed by atoms with Crippen molar-refractivity contribution in [3.8, 4) is 0 Å². The summed E-state index contributed by atoms with van der Waals surface area (Å²) in [7, 11) is 0. The van der Waals surface area contributed by atoms with Crippen molar-refractivity contribution < 1.29 is 0 Å². The molecule has 0 bridgehead atoms. The standard InChI is InChI=1S/C13H19NS/c1-13(2,3)14-9-11-8-10-6-4-5-7-12(10)15-11/h4-7,11,14H,8-9H2,1-3H3. The van der Waals surface area contributed by atoms with Gasteiger partial charge in [-0.2, -0.15) is 0 Å². The quantitative estimate of drug-likeness (QED) is 0.823. The zero-order valence-corrected chi connectivity index (χ0v) is 10.5. The highest BCUT2D eigenvalue weighted by molar-refractivity contribution is 8.00. The van der Waals surface area contributed by atoms with E-state index in [1.807, 2.05) is 11.8 Å².